The zero-order valence-electron chi connectivity index (χ0n) is 18.5. The molecule has 1 unspecified atom stereocenters. The van der Waals surface area contributed by atoms with Crippen LogP contribution in [0.2, 0.25) is 0 Å². The highest BCUT2D eigenvalue weighted by atomic mass is 32.2. The molecule has 0 bridgehead atoms. The molecule has 1 N–H and O–H groups in total. The van der Waals surface area contributed by atoms with Gasteiger partial charge in [-0.3, -0.25) is 4.79 Å². The third-order valence-electron chi connectivity index (χ3n) is 5.21. The van der Waals surface area contributed by atoms with E-state index >= 15 is 0 Å². The third-order valence-corrected chi connectivity index (χ3v) is 7.23. The van der Waals surface area contributed by atoms with Gasteiger partial charge in [-0.1, -0.05) is 12.1 Å². The predicted octanol–water partition coefficient (Wildman–Crippen LogP) is 4.03. The monoisotopic (exact) mass is 504 g/mol. The van der Waals surface area contributed by atoms with Gasteiger partial charge < -0.3 is 4.74 Å². The first-order chi connectivity index (χ1) is 16.0. The van der Waals surface area contributed by atoms with Crippen molar-refractivity contribution in [1.82, 2.24) is 9.79 Å². The van der Waals surface area contributed by atoms with Crippen LogP contribution >= 0.6 is 0 Å². The molecule has 0 aliphatic carbocycles. The number of amides is 1. The lowest BCUT2D eigenvalue weighted by atomic mass is 10.1. The van der Waals surface area contributed by atoms with Crippen molar-refractivity contribution in [3.63, 3.8) is 0 Å². The number of halogens is 4. The second kappa shape index (κ2) is 10.8. The minimum absolute atomic E-state index is 0.113. The number of ether oxygens (including phenoxy) is 1. The summed E-state index contributed by atoms with van der Waals surface area (Å²) >= 11 is 0. The third kappa shape index (κ3) is 5.74. The van der Waals surface area contributed by atoms with Gasteiger partial charge in [-0.25, -0.2) is 36.3 Å². The van der Waals surface area contributed by atoms with Crippen molar-refractivity contribution >= 4 is 15.9 Å². The molecular formula is C22H24F4N2O5S. The van der Waals surface area contributed by atoms with Gasteiger partial charge in [0.25, 0.3) is 5.91 Å². The Morgan fingerprint density at radius 3 is 2.38 bits per heavy atom. The Morgan fingerprint density at radius 2 is 1.79 bits per heavy atom. The van der Waals surface area contributed by atoms with Crippen molar-refractivity contribution in [3.05, 3.63) is 64.7 Å². The minimum Gasteiger partial charge on any atom is -0.350 e. The number of benzene rings is 2. The molecule has 1 atom stereocenters. The fourth-order valence-corrected chi connectivity index (χ4v) is 5.03. The summed E-state index contributed by atoms with van der Waals surface area (Å²) in [6.45, 7) is 3.22. The summed E-state index contributed by atoms with van der Waals surface area (Å²) in [5.41, 5.74) is 2.94. The Bertz CT molecular complexity index is 1140. The maximum absolute atomic E-state index is 14.2. The van der Waals surface area contributed by atoms with Gasteiger partial charge in [-0.05, 0) is 44.4 Å². The van der Waals surface area contributed by atoms with Gasteiger partial charge in [-0.2, -0.15) is 4.31 Å². The van der Waals surface area contributed by atoms with E-state index in [1.165, 1.54) is 38.1 Å². The number of rotatable bonds is 8. The second-order valence-electron chi connectivity index (χ2n) is 7.98. The van der Waals surface area contributed by atoms with E-state index < -0.39 is 56.4 Å². The van der Waals surface area contributed by atoms with Crippen molar-refractivity contribution in [2.45, 2.75) is 56.9 Å². The molecule has 186 valence electrons. The van der Waals surface area contributed by atoms with Crippen LogP contribution in [0.1, 0.15) is 49.0 Å². The molecule has 2 aromatic rings. The zero-order chi connectivity index (χ0) is 25.0. The van der Waals surface area contributed by atoms with Gasteiger partial charge in [0.1, 0.15) is 4.90 Å². The van der Waals surface area contributed by atoms with E-state index in [1.807, 2.05) is 0 Å². The number of carbonyl (C=O) groups excluding carboxylic acids is 1. The zero-order valence-corrected chi connectivity index (χ0v) is 19.3. The van der Waals surface area contributed by atoms with Crippen molar-refractivity contribution in [2.24, 2.45) is 0 Å². The molecule has 7 nitrogen and oxygen atoms in total. The maximum Gasteiger partial charge on any atom is 0.274 e. The van der Waals surface area contributed by atoms with Gasteiger partial charge in [0.05, 0.1) is 0 Å². The Kier molecular flexibility index (Phi) is 8.29. The van der Waals surface area contributed by atoms with Gasteiger partial charge >= 0.3 is 0 Å². The Labute approximate surface area is 194 Å². The van der Waals surface area contributed by atoms with Crippen LogP contribution in [0.25, 0.3) is 0 Å². The molecule has 1 amide bonds. The van der Waals surface area contributed by atoms with Crippen molar-refractivity contribution in [3.8, 4) is 0 Å². The van der Waals surface area contributed by atoms with Crippen LogP contribution < -0.4 is 5.48 Å². The number of sulfonamides is 1. The first-order valence-electron chi connectivity index (χ1n) is 10.5. The standard InChI is InChI=1S/C22H24F4N2O5S/c1-13(2)28(34(30,31)17-11-16(23)19(24)21(26)20(17)25)12-14-6-8-15(9-7-14)22(29)27-33-18-5-3-4-10-32-18/h6-9,11,13,18H,3-5,10,12H2,1-2H3,(H,27,29). The first-order valence-corrected chi connectivity index (χ1v) is 12.0. The molecule has 34 heavy (non-hydrogen) atoms. The van der Waals surface area contributed by atoms with Crippen LogP contribution in [0.15, 0.2) is 35.2 Å². The molecule has 1 aliphatic rings. The smallest absolute Gasteiger partial charge is 0.274 e. The van der Waals surface area contributed by atoms with Gasteiger partial charge in [0, 0.05) is 37.2 Å². The molecule has 12 heteroatoms. The summed E-state index contributed by atoms with van der Waals surface area (Å²) in [6, 6.07) is 5.17. The summed E-state index contributed by atoms with van der Waals surface area (Å²) in [5.74, 6) is -8.66. The lowest BCUT2D eigenvalue weighted by Crippen LogP contribution is -2.37. The first kappa shape index (κ1) is 26.1. The van der Waals surface area contributed by atoms with Crippen LogP contribution in [0.3, 0.4) is 0 Å². The number of nitrogens with one attached hydrogen (secondary N) is 1. The molecule has 1 fully saturated rings. The quantitative estimate of drug-likeness (QED) is 0.254. The maximum atomic E-state index is 14.2. The summed E-state index contributed by atoms with van der Waals surface area (Å²) in [5, 5.41) is 0. The van der Waals surface area contributed by atoms with E-state index in [9.17, 15) is 30.8 Å². The van der Waals surface area contributed by atoms with Crippen molar-refractivity contribution in [1.29, 1.82) is 0 Å². The number of nitrogens with zero attached hydrogens (tertiary/aromatic N) is 1. The van der Waals surface area contributed by atoms with Crippen molar-refractivity contribution in [2.75, 3.05) is 6.61 Å². The fraction of sp³-hybridized carbons (Fsp3) is 0.409. The average Bonchev–Trinajstić information content (AvgIpc) is 2.82. The lowest BCUT2D eigenvalue weighted by Gasteiger charge is -2.26. The Morgan fingerprint density at radius 1 is 1.12 bits per heavy atom. The van der Waals surface area contributed by atoms with Crippen molar-refractivity contribution < 1.29 is 40.3 Å². The topological polar surface area (TPSA) is 84.9 Å². The fourth-order valence-electron chi connectivity index (χ4n) is 3.33. The SMILES string of the molecule is CC(C)N(Cc1ccc(C(=O)NOC2CCCCO2)cc1)S(=O)(=O)c1cc(F)c(F)c(F)c1F. The van der Waals surface area contributed by atoms with Crippen LogP contribution in [0.4, 0.5) is 17.6 Å². The number of hydrogen-bond acceptors (Lipinski definition) is 5. The number of carbonyl (C=O) groups is 1. The van der Waals surface area contributed by atoms with Crippen LogP contribution in [0, 0.1) is 23.3 Å². The highest BCUT2D eigenvalue weighted by Crippen LogP contribution is 2.27. The normalized spacial score (nSPS) is 16.8. The number of hydroxylamine groups is 1. The molecule has 0 saturated carbocycles. The molecule has 3 rings (SSSR count). The molecule has 2 aromatic carbocycles. The van der Waals surface area contributed by atoms with E-state index in [0.29, 0.717) is 18.6 Å². The highest BCUT2D eigenvalue weighted by molar-refractivity contribution is 7.89. The summed E-state index contributed by atoms with van der Waals surface area (Å²) < 4.78 is 86.8. The van der Waals surface area contributed by atoms with Gasteiger partial charge in [-0.15, -0.1) is 0 Å². The molecular weight excluding hydrogens is 480 g/mol. The van der Waals surface area contributed by atoms with Crippen LogP contribution in [0.5, 0.6) is 0 Å². The van der Waals surface area contributed by atoms with E-state index in [4.69, 9.17) is 9.57 Å². The molecule has 1 heterocycles. The summed E-state index contributed by atoms with van der Waals surface area (Å²) in [7, 11) is -4.74. The second-order valence-corrected chi connectivity index (χ2v) is 9.84. The molecule has 0 aromatic heterocycles. The highest BCUT2D eigenvalue weighted by Gasteiger charge is 2.33. The molecule has 0 radical (unpaired) electrons. The summed E-state index contributed by atoms with van der Waals surface area (Å²) in [6.07, 6.45) is 1.98. The van der Waals surface area contributed by atoms with E-state index in [2.05, 4.69) is 5.48 Å². The predicted molar refractivity (Wildman–Crippen MR) is 113 cm³/mol. The van der Waals surface area contributed by atoms with Gasteiger partial charge in [0.2, 0.25) is 10.0 Å². The number of hydrogen-bond donors (Lipinski definition) is 1. The Hall–Kier alpha value is -2.54. The average molecular weight is 505 g/mol. The summed E-state index contributed by atoms with van der Waals surface area (Å²) in [4.78, 5) is 16.2. The van der Waals surface area contributed by atoms with E-state index in [1.54, 1.807) is 0 Å². The van der Waals surface area contributed by atoms with E-state index in [0.717, 1.165) is 17.1 Å². The molecule has 1 aliphatic heterocycles. The van der Waals surface area contributed by atoms with Crippen LogP contribution in [-0.2, 0) is 26.1 Å². The van der Waals surface area contributed by atoms with Crippen LogP contribution in [-0.4, -0.2) is 37.6 Å². The lowest BCUT2D eigenvalue weighted by molar-refractivity contribution is -0.186. The van der Waals surface area contributed by atoms with Gasteiger partial charge in [0.15, 0.2) is 29.6 Å². The molecule has 0 spiro atoms. The van der Waals surface area contributed by atoms with E-state index in [-0.39, 0.29) is 18.2 Å². The largest absolute Gasteiger partial charge is 0.350 e. The molecule has 1 saturated heterocycles. The minimum atomic E-state index is -4.74. The Balaban J connectivity index is 1.75.